The van der Waals surface area contributed by atoms with E-state index in [1.54, 1.807) is 4.31 Å². The van der Waals surface area contributed by atoms with Crippen LogP contribution in [-0.2, 0) is 10.0 Å². The van der Waals surface area contributed by atoms with Gasteiger partial charge in [-0.25, -0.2) is 12.7 Å². The molecule has 2 fully saturated rings. The third kappa shape index (κ3) is 3.45. The highest BCUT2D eigenvalue weighted by atomic mass is 32.2. The van der Waals surface area contributed by atoms with E-state index in [4.69, 9.17) is 0 Å². The van der Waals surface area contributed by atoms with E-state index in [1.807, 2.05) is 7.05 Å². The van der Waals surface area contributed by atoms with Crippen LogP contribution in [0.4, 0.5) is 0 Å². The van der Waals surface area contributed by atoms with Gasteiger partial charge in [0.2, 0.25) is 10.0 Å². The van der Waals surface area contributed by atoms with Gasteiger partial charge in [-0.3, -0.25) is 0 Å². The van der Waals surface area contributed by atoms with Crippen LogP contribution >= 0.6 is 0 Å². The SMILES string of the molecule is CNC1CCCC1CC1CCCN(S(C)(=O)=O)C1. The van der Waals surface area contributed by atoms with Gasteiger partial charge in [0.1, 0.15) is 0 Å². The maximum absolute atomic E-state index is 11.6. The van der Waals surface area contributed by atoms with Crippen molar-refractivity contribution in [1.82, 2.24) is 9.62 Å². The van der Waals surface area contributed by atoms with E-state index in [0.717, 1.165) is 25.4 Å². The molecule has 0 aromatic heterocycles. The fourth-order valence-corrected chi connectivity index (χ4v) is 4.59. The molecule has 2 aliphatic rings. The van der Waals surface area contributed by atoms with Crippen molar-refractivity contribution >= 4 is 10.0 Å². The van der Waals surface area contributed by atoms with E-state index in [-0.39, 0.29) is 0 Å². The molecular weight excluding hydrogens is 248 g/mol. The van der Waals surface area contributed by atoms with Crippen LogP contribution in [0, 0.1) is 11.8 Å². The van der Waals surface area contributed by atoms with Crippen molar-refractivity contribution in [3.05, 3.63) is 0 Å². The van der Waals surface area contributed by atoms with Gasteiger partial charge in [0.05, 0.1) is 6.26 Å². The average Bonchev–Trinajstić information content (AvgIpc) is 2.75. The van der Waals surface area contributed by atoms with Crippen LogP contribution in [0.3, 0.4) is 0 Å². The van der Waals surface area contributed by atoms with Gasteiger partial charge in [0, 0.05) is 19.1 Å². The Balaban J connectivity index is 1.90. The topological polar surface area (TPSA) is 49.4 Å². The Morgan fingerprint density at radius 3 is 2.67 bits per heavy atom. The number of rotatable bonds is 4. The van der Waals surface area contributed by atoms with Crippen LogP contribution in [-0.4, -0.2) is 45.2 Å². The first kappa shape index (κ1) is 14.3. The van der Waals surface area contributed by atoms with Gasteiger partial charge in [-0.1, -0.05) is 6.42 Å². The Kier molecular flexibility index (Phi) is 4.67. The lowest BCUT2D eigenvalue weighted by Gasteiger charge is -2.33. The highest BCUT2D eigenvalue weighted by Crippen LogP contribution is 2.34. The van der Waals surface area contributed by atoms with Gasteiger partial charge in [-0.05, 0) is 51.0 Å². The van der Waals surface area contributed by atoms with Gasteiger partial charge >= 0.3 is 0 Å². The average molecular weight is 274 g/mol. The second kappa shape index (κ2) is 5.88. The lowest BCUT2D eigenvalue weighted by atomic mass is 9.86. The smallest absolute Gasteiger partial charge is 0.211 e. The Hall–Kier alpha value is -0.130. The summed E-state index contributed by atoms with van der Waals surface area (Å²) in [4.78, 5) is 0. The molecule has 0 amide bonds. The summed E-state index contributed by atoms with van der Waals surface area (Å²) in [6.45, 7) is 1.46. The Labute approximate surface area is 111 Å². The molecule has 1 N–H and O–H groups in total. The van der Waals surface area contributed by atoms with E-state index in [2.05, 4.69) is 5.32 Å². The third-order valence-corrected chi connectivity index (χ3v) is 5.89. The Morgan fingerprint density at radius 1 is 1.22 bits per heavy atom. The number of hydrogen-bond donors (Lipinski definition) is 1. The standard InChI is InChI=1S/C13H26N2O2S/c1-14-13-7-3-6-12(13)9-11-5-4-8-15(10-11)18(2,16)17/h11-14H,3-10H2,1-2H3. The summed E-state index contributed by atoms with van der Waals surface area (Å²) >= 11 is 0. The monoisotopic (exact) mass is 274 g/mol. The predicted octanol–water partition coefficient (Wildman–Crippen LogP) is 1.44. The largest absolute Gasteiger partial charge is 0.317 e. The molecule has 2 rings (SSSR count). The molecule has 0 bridgehead atoms. The van der Waals surface area contributed by atoms with Crippen molar-refractivity contribution in [2.24, 2.45) is 11.8 Å². The quantitative estimate of drug-likeness (QED) is 0.844. The number of sulfonamides is 1. The zero-order chi connectivity index (χ0) is 13.2. The van der Waals surface area contributed by atoms with Gasteiger partial charge in [-0.15, -0.1) is 0 Å². The molecule has 4 nitrogen and oxygen atoms in total. The van der Waals surface area contributed by atoms with Crippen LogP contribution in [0.15, 0.2) is 0 Å². The summed E-state index contributed by atoms with van der Waals surface area (Å²) in [5, 5.41) is 3.41. The van der Waals surface area contributed by atoms with E-state index in [1.165, 1.54) is 38.4 Å². The lowest BCUT2D eigenvalue weighted by molar-refractivity contribution is 0.220. The molecule has 1 aliphatic carbocycles. The molecule has 1 saturated carbocycles. The number of piperidine rings is 1. The van der Waals surface area contributed by atoms with Crippen LogP contribution in [0.5, 0.6) is 0 Å². The summed E-state index contributed by atoms with van der Waals surface area (Å²) < 4.78 is 24.9. The first-order chi connectivity index (χ1) is 8.50. The fraction of sp³-hybridized carbons (Fsp3) is 1.00. The highest BCUT2D eigenvalue weighted by molar-refractivity contribution is 7.88. The van der Waals surface area contributed by atoms with Crippen molar-refractivity contribution in [2.45, 2.75) is 44.6 Å². The van der Waals surface area contributed by atoms with Gasteiger partial charge < -0.3 is 5.32 Å². The van der Waals surface area contributed by atoms with Crippen LogP contribution in [0.25, 0.3) is 0 Å². The molecule has 0 aromatic rings. The minimum atomic E-state index is -2.99. The molecule has 106 valence electrons. The number of nitrogens with one attached hydrogen (secondary N) is 1. The summed E-state index contributed by atoms with van der Waals surface area (Å²) in [6.07, 6.45) is 8.65. The maximum Gasteiger partial charge on any atom is 0.211 e. The zero-order valence-electron chi connectivity index (χ0n) is 11.6. The molecule has 1 heterocycles. The second-order valence-corrected chi connectivity index (χ2v) is 7.93. The summed E-state index contributed by atoms with van der Waals surface area (Å²) in [5.41, 5.74) is 0. The first-order valence-corrected chi connectivity index (χ1v) is 8.98. The molecule has 5 heteroatoms. The minimum Gasteiger partial charge on any atom is -0.317 e. The first-order valence-electron chi connectivity index (χ1n) is 7.13. The summed E-state index contributed by atoms with van der Waals surface area (Å²) in [7, 11) is -0.946. The molecule has 3 atom stereocenters. The normalized spacial score (nSPS) is 34.9. The molecule has 1 saturated heterocycles. The molecule has 0 aromatic carbocycles. The molecule has 3 unspecified atom stereocenters. The molecule has 1 aliphatic heterocycles. The van der Waals surface area contributed by atoms with Crippen LogP contribution in [0.2, 0.25) is 0 Å². The Bertz CT molecular complexity index is 369. The van der Waals surface area contributed by atoms with Gasteiger partial charge in [0.15, 0.2) is 0 Å². The minimum absolute atomic E-state index is 0.562. The fourth-order valence-electron chi connectivity index (χ4n) is 3.65. The molecule has 18 heavy (non-hydrogen) atoms. The highest BCUT2D eigenvalue weighted by Gasteiger charge is 2.32. The van der Waals surface area contributed by atoms with Crippen molar-refractivity contribution in [3.63, 3.8) is 0 Å². The van der Waals surface area contributed by atoms with E-state index >= 15 is 0 Å². The van der Waals surface area contributed by atoms with E-state index in [9.17, 15) is 8.42 Å². The van der Waals surface area contributed by atoms with E-state index in [0.29, 0.717) is 12.0 Å². The van der Waals surface area contributed by atoms with Gasteiger partial charge in [-0.2, -0.15) is 0 Å². The zero-order valence-corrected chi connectivity index (χ0v) is 12.4. The lowest BCUT2D eigenvalue weighted by Crippen LogP contribution is -2.40. The van der Waals surface area contributed by atoms with Crippen molar-refractivity contribution < 1.29 is 8.42 Å². The molecule has 0 radical (unpaired) electrons. The summed E-state index contributed by atoms with van der Waals surface area (Å²) in [6, 6.07) is 0.651. The van der Waals surface area contributed by atoms with Crippen LogP contribution < -0.4 is 5.32 Å². The predicted molar refractivity (Wildman–Crippen MR) is 73.9 cm³/mol. The van der Waals surface area contributed by atoms with E-state index < -0.39 is 10.0 Å². The number of nitrogens with zero attached hydrogens (tertiary/aromatic N) is 1. The number of hydrogen-bond acceptors (Lipinski definition) is 3. The van der Waals surface area contributed by atoms with Crippen molar-refractivity contribution in [3.8, 4) is 0 Å². The molecular formula is C13H26N2O2S. The van der Waals surface area contributed by atoms with Crippen LogP contribution in [0.1, 0.15) is 38.5 Å². The maximum atomic E-state index is 11.6. The third-order valence-electron chi connectivity index (χ3n) is 4.62. The van der Waals surface area contributed by atoms with Crippen molar-refractivity contribution in [2.75, 3.05) is 26.4 Å². The van der Waals surface area contributed by atoms with Gasteiger partial charge in [0.25, 0.3) is 0 Å². The molecule has 0 spiro atoms. The van der Waals surface area contributed by atoms with Crippen molar-refractivity contribution in [1.29, 1.82) is 0 Å². The Morgan fingerprint density at radius 2 is 2.00 bits per heavy atom. The second-order valence-electron chi connectivity index (χ2n) is 5.95. The summed E-state index contributed by atoms with van der Waals surface area (Å²) in [5.74, 6) is 1.31.